The van der Waals surface area contributed by atoms with E-state index in [1.807, 2.05) is 30.3 Å². The zero-order valence-corrected chi connectivity index (χ0v) is 10.8. The van der Waals surface area contributed by atoms with Gasteiger partial charge in [0.2, 0.25) is 0 Å². The fraction of sp³-hybridized carbons (Fsp3) is 0.500. The highest BCUT2D eigenvalue weighted by molar-refractivity contribution is 5.89. The Bertz CT molecular complexity index is 380. The molecule has 2 rings (SSSR count). The molecule has 0 aliphatic carbocycles. The van der Waals surface area contributed by atoms with Gasteiger partial charge >= 0.3 is 6.03 Å². The number of anilines is 1. The zero-order chi connectivity index (χ0) is 12.8. The molecule has 3 N–H and O–H groups in total. The van der Waals surface area contributed by atoms with Crippen LogP contribution in [0, 0.1) is 0 Å². The second kappa shape index (κ2) is 6.40. The molecule has 4 heteroatoms. The molecule has 1 aliphatic heterocycles. The molecule has 98 valence electrons. The fourth-order valence-corrected chi connectivity index (χ4v) is 2.31. The summed E-state index contributed by atoms with van der Waals surface area (Å²) in [6, 6.07) is 10.3. The first-order valence-electron chi connectivity index (χ1n) is 6.60. The number of hydrogen-bond donors (Lipinski definition) is 3. The van der Waals surface area contributed by atoms with Crippen molar-refractivity contribution in [2.75, 3.05) is 11.9 Å². The van der Waals surface area contributed by atoms with E-state index in [1.54, 1.807) is 0 Å². The van der Waals surface area contributed by atoms with E-state index >= 15 is 0 Å². The summed E-state index contributed by atoms with van der Waals surface area (Å²) in [5, 5.41) is 9.22. The minimum Gasteiger partial charge on any atom is -0.336 e. The van der Waals surface area contributed by atoms with Gasteiger partial charge in [-0.15, -0.1) is 0 Å². The second-order valence-corrected chi connectivity index (χ2v) is 4.90. The molecule has 1 aromatic rings. The van der Waals surface area contributed by atoms with Crippen LogP contribution >= 0.6 is 0 Å². The first-order valence-corrected chi connectivity index (χ1v) is 6.60. The van der Waals surface area contributed by atoms with Gasteiger partial charge in [-0.3, -0.25) is 0 Å². The lowest BCUT2D eigenvalue weighted by Crippen LogP contribution is -2.47. The molecule has 2 atom stereocenters. The lowest BCUT2D eigenvalue weighted by Gasteiger charge is -2.28. The van der Waals surface area contributed by atoms with E-state index < -0.39 is 0 Å². The van der Waals surface area contributed by atoms with Gasteiger partial charge in [-0.2, -0.15) is 0 Å². The molecule has 0 bridgehead atoms. The van der Waals surface area contributed by atoms with Crippen molar-refractivity contribution in [2.24, 2.45) is 0 Å². The van der Waals surface area contributed by atoms with E-state index in [0.717, 1.165) is 12.1 Å². The summed E-state index contributed by atoms with van der Waals surface area (Å²) < 4.78 is 0. The number of hydrogen-bond acceptors (Lipinski definition) is 2. The number of rotatable bonds is 3. The van der Waals surface area contributed by atoms with Crippen molar-refractivity contribution in [3.63, 3.8) is 0 Å². The van der Waals surface area contributed by atoms with Crippen LogP contribution in [-0.4, -0.2) is 24.7 Å². The van der Waals surface area contributed by atoms with Crippen molar-refractivity contribution in [1.82, 2.24) is 10.6 Å². The number of benzene rings is 1. The predicted molar refractivity (Wildman–Crippen MR) is 73.7 cm³/mol. The molecule has 0 saturated carbocycles. The summed E-state index contributed by atoms with van der Waals surface area (Å²) in [6.07, 6.45) is 3.60. The number of piperidine rings is 1. The molecule has 18 heavy (non-hydrogen) atoms. The average Bonchev–Trinajstić information content (AvgIpc) is 2.38. The third-order valence-electron chi connectivity index (χ3n) is 3.25. The summed E-state index contributed by atoms with van der Waals surface area (Å²) in [5.41, 5.74) is 0.819. The van der Waals surface area contributed by atoms with Crippen LogP contribution in [0.15, 0.2) is 30.3 Å². The predicted octanol–water partition coefficient (Wildman–Crippen LogP) is 2.34. The van der Waals surface area contributed by atoms with Crippen LogP contribution in [0.3, 0.4) is 0 Å². The Kier molecular flexibility index (Phi) is 4.59. The Labute approximate surface area is 108 Å². The summed E-state index contributed by atoms with van der Waals surface area (Å²) in [6.45, 7) is 2.87. The third-order valence-corrected chi connectivity index (χ3v) is 3.25. The number of para-hydroxylation sites is 1. The number of amides is 2. The molecule has 1 saturated heterocycles. The Balaban J connectivity index is 1.71. The monoisotopic (exact) mass is 247 g/mol. The van der Waals surface area contributed by atoms with E-state index in [-0.39, 0.29) is 6.03 Å². The van der Waals surface area contributed by atoms with Gasteiger partial charge in [0.1, 0.15) is 0 Å². The Morgan fingerprint density at radius 2 is 2.11 bits per heavy atom. The first kappa shape index (κ1) is 12.9. The highest BCUT2D eigenvalue weighted by Crippen LogP contribution is 2.11. The Hall–Kier alpha value is -1.55. The molecular weight excluding hydrogens is 226 g/mol. The first-order chi connectivity index (χ1) is 8.74. The highest BCUT2D eigenvalue weighted by Gasteiger charge is 2.17. The lowest BCUT2D eigenvalue weighted by atomic mass is 10.00. The quantitative estimate of drug-likeness (QED) is 0.768. The molecule has 0 aromatic heterocycles. The molecule has 2 amide bonds. The molecule has 1 aromatic carbocycles. The van der Waals surface area contributed by atoms with Crippen LogP contribution in [0.25, 0.3) is 0 Å². The number of carbonyl (C=O) groups excluding carboxylic acids is 1. The van der Waals surface area contributed by atoms with E-state index in [9.17, 15) is 4.79 Å². The van der Waals surface area contributed by atoms with Gasteiger partial charge in [-0.1, -0.05) is 24.6 Å². The van der Waals surface area contributed by atoms with E-state index in [2.05, 4.69) is 22.9 Å². The van der Waals surface area contributed by atoms with Crippen molar-refractivity contribution in [2.45, 2.75) is 38.3 Å². The molecule has 2 unspecified atom stereocenters. The summed E-state index contributed by atoms with van der Waals surface area (Å²) in [4.78, 5) is 11.7. The largest absolute Gasteiger partial charge is 0.336 e. The van der Waals surface area contributed by atoms with Crippen LogP contribution < -0.4 is 16.0 Å². The number of nitrogens with one attached hydrogen (secondary N) is 3. The average molecular weight is 247 g/mol. The van der Waals surface area contributed by atoms with Crippen LogP contribution in [0.4, 0.5) is 10.5 Å². The minimum atomic E-state index is -0.138. The smallest absolute Gasteiger partial charge is 0.319 e. The van der Waals surface area contributed by atoms with Crippen molar-refractivity contribution in [1.29, 1.82) is 0 Å². The van der Waals surface area contributed by atoms with Gasteiger partial charge in [0, 0.05) is 24.3 Å². The van der Waals surface area contributed by atoms with Gasteiger partial charge in [0.15, 0.2) is 0 Å². The maximum absolute atomic E-state index is 11.7. The normalized spacial score (nSPS) is 23.4. The Morgan fingerprint density at radius 1 is 1.33 bits per heavy atom. The van der Waals surface area contributed by atoms with Gasteiger partial charge in [0.05, 0.1) is 0 Å². The van der Waals surface area contributed by atoms with Crippen molar-refractivity contribution < 1.29 is 4.79 Å². The fourth-order valence-electron chi connectivity index (χ4n) is 2.31. The molecule has 1 fully saturated rings. The molecule has 1 aliphatic rings. The van der Waals surface area contributed by atoms with Crippen molar-refractivity contribution in [3.8, 4) is 0 Å². The lowest BCUT2D eigenvalue weighted by molar-refractivity contribution is 0.248. The van der Waals surface area contributed by atoms with E-state index in [4.69, 9.17) is 0 Å². The minimum absolute atomic E-state index is 0.138. The van der Waals surface area contributed by atoms with Crippen LogP contribution in [0.2, 0.25) is 0 Å². The van der Waals surface area contributed by atoms with Gasteiger partial charge in [-0.05, 0) is 31.9 Å². The molecule has 0 radical (unpaired) electrons. The SMILES string of the molecule is CC1CCCC(CNC(=O)Nc2ccccc2)N1. The maximum Gasteiger partial charge on any atom is 0.319 e. The van der Waals surface area contributed by atoms with Crippen LogP contribution in [0.5, 0.6) is 0 Å². The summed E-state index contributed by atoms with van der Waals surface area (Å²) >= 11 is 0. The van der Waals surface area contributed by atoms with E-state index in [0.29, 0.717) is 18.6 Å². The maximum atomic E-state index is 11.7. The summed E-state index contributed by atoms with van der Waals surface area (Å²) in [5.74, 6) is 0. The molecular formula is C14H21N3O. The number of urea groups is 1. The summed E-state index contributed by atoms with van der Waals surface area (Å²) in [7, 11) is 0. The van der Waals surface area contributed by atoms with Crippen molar-refractivity contribution in [3.05, 3.63) is 30.3 Å². The van der Waals surface area contributed by atoms with Crippen molar-refractivity contribution >= 4 is 11.7 Å². The van der Waals surface area contributed by atoms with Gasteiger partial charge in [0.25, 0.3) is 0 Å². The third kappa shape index (κ3) is 4.04. The standard InChI is InChI=1S/C14H21N3O/c1-11-6-5-9-13(16-11)10-15-14(18)17-12-7-3-2-4-8-12/h2-4,7-8,11,13,16H,5-6,9-10H2,1H3,(H2,15,17,18). The molecule has 1 heterocycles. The second-order valence-electron chi connectivity index (χ2n) is 4.90. The zero-order valence-electron chi connectivity index (χ0n) is 10.8. The Morgan fingerprint density at radius 3 is 2.83 bits per heavy atom. The van der Waals surface area contributed by atoms with E-state index in [1.165, 1.54) is 12.8 Å². The molecule has 4 nitrogen and oxygen atoms in total. The van der Waals surface area contributed by atoms with Crippen LogP contribution in [0.1, 0.15) is 26.2 Å². The van der Waals surface area contributed by atoms with Gasteiger partial charge < -0.3 is 16.0 Å². The molecule has 0 spiro atoms. The van der Waals surface area contributed by atoms with Gasteiger partial charge in [-0.25, -0.2) is 4.79 Å². The topological polar surface area (TPSA) is 53.2 Å². The highest BCUT2D eigenvalue weighted by atomic mass is 16.2. The number of carbonyl (C=O) groups is 1. The van der Waals surface area contributed by atoms with Crippen LogP contribution in [-0.2, 0) is 0 Å².